The van der Waals surface area contributed by atoms with Crippen LogP contribution in [0.3, 0.4) is 0 Å². The van der Waals surface area contributed by atoms with Gasteiger partial charge in [0.15, 0.2) is 0 Å². The van der Waals surface area contributed by atoms with Crippen LogP contribution >= 0.6 is 0 Å². The van der Waals surface area contributed by atoms with Crippen molar-refractivity contribution in [3.05, 3.63) is 0 Å². The van der Waals surface area contributed by atoms with Gasteiger partial charge in [0.25, 0.3) is 0 Å². The maximum absolute atomic E-state index is 10.1. The minimum atomic E-state index is 0.944. The van der Waals surface area contributed by atoms with Gasteiger partial charge in [-0.1, -0.05) is 20.3 Å². The molecule has 0 saturated carbocycles. The number of nitrogens with zero attached hydrogens (tertiary/aromatic N) is 1. The molecule has 1 aliphatic heterocycles. The Hall–Kier alpha value is -0.570. The number of likely N-dealkylation sites (tertiary alicyclic amines) is 1. The molecule has 1 amide bonds. The second kappa shape index (κ2) is 14.0. The molecule has 13 heavy (non-hydrogen) atoms. The Kier molecular flexibility index (Phi) is 16.1. The van der Waals surface area contributed by atoms with Crippen LogP contribution in [0.2, 0.25) is 0 Å². The van der Waals surface area contributed by atoms with Gasteiger partial charge in [-0.25, -0.2) is 0 Å². The largest absolute Gasteiger partial charge is 0.345 e. The molecule has 0 aliphatic carbocycles. The highest BCUT2D eigenvalue weighted by Crippen LogP contribution is 2.05. The first-order valence-corrected chi connectivity index (χ1v) is 5.12. The molecule has 0 aromatic heterocycles. The van der Waals surface area contributed by atoms with Crippen LogP contribution in [0.15, 0.2) is 0 Å². The van der Waals surface area contributed by atoms with Crippen molar-refractivity contribution < 1.29 is 4.79 Å². The lowest BCUT2D eigenvalue weighted by Crippen LogP contribution is -2.27. The van der Waals surface area contributed by atoms with Crippen molar-refractivity contribution in [3.8, 4) is 0 Å². The lowest BCUT2D eigenvalue weighted by Gasteiger charge is -2.21. The number of nitrogens with two attached hydrogens (primary N) is 1. The monoisotopic (exact) mass is 188 g/mol. The van der Waals surface area contributed by atoms with Gasteiger partial charge in [-0.3, -0.25) is 4.79 Å². The van der Waals surface area contributed by atoms with Crippen molar-refractivity contribution >= 4 is 6.41 Å². The molecule has 0 atom stereocenters. The molecule has 0 unspecified atom stereocenters. The molecule has 1 saturated heterocycles. The number of amides is 1. The van der Waals surface area contributed by atoms with E-state index in [0.29, 0.717) is 0 Å². The third-order valence-corrected chi connectivity index (χ3v) is 1.54. The Bertz CT molecular complexity index is 90.9. The average molecular weight is 188 g/mol. The maximum Gasteiger partial charge on any atom is 0.209 e. The molecule has 1 fully saturated rings. The molecular weight excluding hydrogens is 164 g/mol. The van der Waals surface area contributed by atoms with Crippen LogP contribution in [0.5, 0.6) is 0 Å². The average Bonchev–Trinajstić information content (AvgIpc) is 2.23. The normalized spacial score (nSPS) is 14.6. The van der Waals surface area contributed by atoms with Gasteiger partial charge in [-0.05, 0) is 26.3 Å². The van der Waals surface area contributed by atoms with E-state index in [9.17, 15) is 4.79 Å². The summed E-state index contributed by atoms with van der Waals surface area (Å²) in [7, 11) is 1.50. The Morgan fingerprint density at radius 2 is 1.54 bits per heavy atom. The fraction of sp³-hybridized carbons (Fsp3) is 0.900. The van der Waals surface area contributed by atoms with Gasteiger partial charge in [0.1, 0.15) is 0 Å². The summed E-state index contributed by atoms with van der Waals surface area (Å²) in [5.74, 6) is 0. The minimum Gasteiger partial charge on any atom is -0.345 e. The van der Waals surface area contributed by atoms with Crippen LogP contribution in [0.1, 0.15) is 39.5 Å². The molecule has 0 aromatic rings. The number of carbonyl (C=O) groups is 1. The Morgan fingerprint density at radius 1 is 1.15 bits per heavy atom. The summed E-state index contributed by atoms with van der Waals surface area (Å²) in [5, 5.41) is 0. The van der Waals surface area contributed by atoms with Crippen LogP contribution < -0.4 is 5.73 Å². The third kappa shape index (κ3) is 11.4. The second-order valence-corrected chi connectivity index (χ2v) is 2.91. The molecule has 0 aromatic carbocycles. The number of hydrogen-bond acceptors (Lipinski definition) is 2. The van der Waals surface area contributed by atoms with E-state index < -0.39 is 0 Å². The van der Waals surface area contributed by atoms with E-state index in [-0.39, 0.29) is 0 Å². The van der Waals surface area contributed by atoms with Crippen molar-refractivity contribution in [1.82, 2.24) is 4.90 Å². The second-order valence-electron chi connectivity index (χ2n) is 2.91. The van der Waals surface area contributed by atoms with Gasteiger partial charge in [-0.2, -0.15) is 0 Å². The SMILES string of the molecule is CCC.CN.O=CN1CCCCC1. The van der Waals surface area contributed by atoms with E-state index in [1.807, 2.05) is 4.90 Å². The van der Waals surface area contributed by atoms with E-state index in [4.69, 9.17) is 0 Å². The van der Waals surface area contributed by atoms with Crippen molar-refractivity contribution in [2.75, 3.05) is 20.1 Å². The predicted molar refractivity (Wildman–Crippen MR) is 57.6 cm³/mol. The Morgan fingerprint density at radius 3 is 1.77 bits per heavy atom. The van der Waals surface area contributed by atoms with E-state index in [1.165, 1.54) is 32.7 Å². The van der Waals surface area contributed by atoms with Crippen molar-refractivity contribution in [2.45, 2.75) is 39.5 Å². The first kappa shape index (κ1) is 14.9. The van der Waals surface area contributed by atoms with Crippen LogP contribution in [0.25, 0.3) is 0 Å². The number of hydrogen-bond donors (Lipinski definition) is 1. The number of rotatable bonds is 1. The van der Waals surface area contributed by atoms with Gasteiger partial charge >= 0.3 is 0 Å². The van der Waals surface area contributed by atoms with Crippen LogP contribution in [0.4, 0.5) is 0 Å². The molecule has 3 nitrogen and oxygen atoms in total. The van der Waals surface area contributed by atoms with Crippen molar-refractivity contribution in [1.29, 1.82) is 0 Å². The van der Waals surface area contributed by atoms with E-state index >= 15 is 0 Å². The summed E-state index contributed by atoms with van der Waals surface area (Å²) in [5.41, 5.74) is 4.50. The predicted octanol–water partition coefficient (Wildman–Crippen LogP) is 1.62. The van der Waals surface area contributed by atoms with Gasteiger partial charge in [-0.15, -0.1) is 0 Å². The maximum atomic E-state index is 10.1. The van der Waals surface area contributed by atoms with E-state index in [0.717, 1.165) is 19.5 Å². The van der Waals surface area contributed by atoms with Crippen LogP contribution in [-0.2, 0) is 4.79 Å². The number of carbonyl (C=O) groups excluding carboxylic acids is 1. The zero-order chi connectivity index (χ0) is 10.5. The molecule has 3 heteroatoms. The molecule has 1 rings (SSSR count). The standard InChI is InChI=1S/C6H11NO.C3H8.CH5N/c8-6-7-4-2-1-3-5-7;1-3-2;1-2/h6H,1-5H2;3H2,1-2H3;2H2,1H3. The van der Waals surface area contributed by atoms with Gasteiger partial charge in [0, 0.05) is 13.1 Å². The minimum absolute atomic E-state index is 0.944. The summed E-state index contributed by atoms with van der Waals surface area (Å²) in [6.45, 7) is 6.20. The van der Waals surface area contributed by atoms with E-state index in [2.05, 4.69) is 19.6 Å². The third-order valence-electron chi connectivity index (χ3n) is 1.54. The van der Waals surface area contributed by atoms with E-state index in [1.54, 1.807) is 0 Å². The highest BCUT2D eigenvalue weighted by molar-refractivity contribution is 5.46. The van der Waals surface area contributed by atoms with Crippen molar-refractivity contribution in [3.63, 3.8) is 0 Å². The Balaban J connectivity index is 0. The first-order valence-electron chi connectivity index (χ1n) is 5.12. The first-order chi connectivity index (χ1) is 6.35. The quantitative estimate of drug-likeness (QED) is 0.636. The lowest BCUT2D eigenvalue weighted by atomic mass is 10.1. The lowest BCUT2D eigenvalue weighted by molar-refractivity contribution is -0.118. The molecule has 1 aliphatic rings. The molecule has 80 valence electrons. The molecule has 0 bridgehead atoms. The van der Waals surface area contributed by atoms with Crippen molar-refractivity contribution in [2.24, 2.45) is 5.73 Å². The summed E-state index contributed by atoms with van der Waals surface area (Å²) in [6.07, 6.45) is 5.88. The summed E-state index contributed by atoms with van der Waals surface area (Å²) < 4.78 is 0. The Labute approximate surface area is 82.3 Å². The summed E-state index contributed by atoms with van der Waals surface area (Å²) >= 11 is 0. The zero-order valence-electron chi connectivity index (χ0n) is 9.25. The van der Waals surface area contributed by atoms with Crippen LogP contribution in [-0.4, -0.2) is 31.4 Å². The molecule has 0 radical (unpaired) electrons. The summed E-state index contributed by atoms with van der Waals surface area (Å²) in [6, 6.07) is 0. The zero-order valence-corrected chi connectivity index (χ0v) is 9.25. The fourth-order valence-electron chi connectivity index (χ4n) is 1.02. The van der Waals surface area contributed by atoms with Gasteiger partial charge in [0.05, 0.1) is 0 Å². The highest BCUT2D eigenvalue weighted by atomic mass is 16.1. The van der Waals surface area contributed by atoms with Crippen LogP contribution in [0, 0.1) is 0 Å². The topological polar surface area (TPSA) is 46.3 Å². The van der Waals surface area contributed by atoms with Gasteiger partial charge in [0.2, 0.25) is 6.41 Å². The molecular formula is C10H24N2O. The summed E-state index contributed by atoms with van der Waals surface area (Å²) in [4.78, 5) is 11.9. The fourth-order valence-corrected chi connectivity index (χ4v) is 1.02. The highest BCUT2D eigenvalue weighted by Gasteiger charge is 2.05. The molecule has 0 spiro atoms. The number of piperidine rings is 1. The molecule has 1 heterocycles. The smallest absolute Gasteiger partial charge is 0.209 e. The van der Waals surface area contributed by atoms with Gasteiger partial charge < -0.3 is 10.6 Å². The molecule has 2 N–H and O–H groups in total.